The van der Waals surface area contributed by atoms with E-state index in [0.29, 0.717) is 12.4 Å². The van der Waals surface area contributed by atoms with Gasteiger partial charge in [-0.1, -0.05) is 146 Å². The Balaban J connectivity index is 1.26. The summed E-state index contributed by atoms with van der Waals surface area (Å²) >= 11 is 0. The lowest BCUT2D eigenvalue weighted by Crippen LogP contribution is -2.27. The van der Waals surface area contributed by atoms with Gasteiger partial charge in [-0.05, 0) is 114 Å². The minimum absolute atomic E-state index is 0.116. The number of allylic oxidation sites excluding steroid dienone is 2. The molecule has 3 aliphatic rings. The number of para-hydroxylation sites is 1. The highest BCUT2D eigenvalue weighted by Crippen LogP contribution is 2.55. The van der Waals surface area contributed by atoms with Crippen LogP contribution in [0.4, 0.5) is 5.69 Å². The first kappa shape index (κ1) is 32.7. The van der Waals surface area contributed by atoms with Crippen molar-refractivity contribution in [3.8, 4) is 22.3 Å². The van der Waals surface area contributed by atoms with E-state index in [9.17, 15) is 0 Å². The molecule has 2 aliphatic heterocycles. The summed E-state index contributed by atoms with van der Waals surface area (Å²) in [5.74, 6) is 1.88. The molecule has 0 fully saturated rings. The molecule has 3 heterocycles. The van der Waals surface area contributed by atoms with Crippen LogP contribution in [0.15, 0.2) is 206 Å². The van der Waals surface area contributed by atoms with E-state index in [1.54, 1.807) is 0 Å². The number of benzene rings is 8. The minimum Gasteiger partial charge on any atom is -0.321 e. The third kappa shape index (κ3) is 4.88. The third-order valence-electron chi connectivity index (χ3n) is 12.2. The molecule has 58 heavy (non-hydrogen) atoms. The molecule has 0 spiro atoms. The molecular weight excluding hydrogens is 705 g/mol. The molecule has 4 heteroatoms. The lowest BCUT2D eigenvalue weighted by atomic mass is 9.83. The van der Waals surface area contributed by atoms with E-state index in [1.165, 1.54) is 76.8 Å². The zero-order chi connectivity index (χ0) is 38.2. The van der Waals surface area contributed by atoms with Crippen LogP contribution in [-0.2, 0) is 0 Å². The Kier molecular flexibility index (Phi) is 7.32. The smallest absolute Gasteiger partial charge is 0.178 e. The normalized spacial score (nSPS) is 15.6. The molecule has 12 rings (SSSR count). The van der Waals surface area contributed by atoms with Gasteiger partial charge in [0.05, 0.1) is 5.70 Å². The predicted octanol–water partition coefficient (Wildman–Crippen LogP) is 12.8. The van der Waals surface area contributed by atoms with Gasteiger partial charge in [-0.25, -0.2) is 9.97 Å². The van der Waals surface area contributed by atoms with Crippen molar-refractivity contribution in [1.82, 2.24) is 14.9 Å². The van der Waals surface area contributed by atoms with Crippen LogP contribution in [0, 0.1) is 0 Å². The van der Waals surface area contributed by atoms with E-state index in [2.05, 4.69) is 192 Å². The predicted molar refractivity (Wildman–Crippen MR) is 239 cm³/mol. The number of anilines is 1. The van der Waals surface area contributed by atoms with E-state index in [-0.39, 0.29) is 5.92 Å². The van der Waals surface area contributed by atoms with Crippen LogP contribution < -0.4 is 4.90 Å². The summed E-state index contributed by atoms with van der Waals surface area (Å²) in [6, 6.07) is 62.2. The molecule has 272 valence electrons. The van der Waals surface area contributed by atoms with E-state index in [0.717, 1.165) is 22.9 Å². The van der Waals surface area contributed by atoms with Crippen molar-refractivity contribution in [2.45, 2.75) is 5.92 Å². The third-order valence-corrected chi connectivity index (χ3v) is 12.2. The van der Waals surface area contributed by atoms with Gasteiger partial charge in [0.15, 0.2) is 5.82 Å². The zero-order valence-electron chi connectivity index (χ0n) is 31.6. The van der Waals surface area contributed by atoms with Crippen molar-refractivity contribution in [3.05, 3.63) is 234 Å². The van der Waals surface area contributed by atoms with Gasteiger partial charge in [-0.2, -0.15) is 0 Å². The van der Waals surface area contributed by atoms with E-state index >= 15 is 0 Å². The van der Waals surface area contributed by atoms with Gasteiger partial charge >= 0.3 is 0 Å². The highest BCUT2D eigenvalue weighted by atomic mass is 15.4. The van der Waals surface area contributed by atoms with Crippen molar-refractivity contribution in [1.29, 1.82) is 0 Å². The molecular formula is C54H36N4. The molecule has 0 saturated heterocycles. The molecule has 8 aromatic carbocycles. The van der Waals surface area contributed by atoms with Gasteiger partial charge in [-0.3, -0.25) is 4.90 Å². The van der Waals surface area contributed by atoms with Gasteiger partial charge in [0, 0.05) is 36.1 Å². The molecule has 1 unspecified atom stereocenters. The number of hydrogen-bond donors (Lipinski definition) is 0. The summed E-state index contributed by atoms with van der Waals surface area (Å²) in [5.41, 5.74) is 13.3. The molecule has 9 aromatic rings. The highest BCUT2D eigenvalue weighted by molar-refractivity contribution is 6.23. The zero-order valence-corrected chi connectivity index (χ0v) is 31.6. The average Bonchev–Trinajstić information content (AvgIpc) is 3.81. The molecule has 0 N–H and O–H groups in total. The summed E-state index contributed by atoms with van der Waals surface area (Å²) < 4.78 is 0. The van der Waals surface area contributed by atoms with Gasteiger partial charge in [0.25, 0.3) is 0 Å². The summed E-state index contributed by atoms with van der Waals surface area (Å²) in [5, 5.41) is 7.30. The molecule has 0 saturated carbocycles. The van der Waals surface area contributed by atoms with Gasteiger partial charge in [0.2, 0.25) is 0 Å². The largest absolute Gasteiger partial charge is 0.321 e. The quantitative estimate of drug-likeness (QED) is 0.165. The number of fused-ring (bicyclic) bond motifs is 7. The number of nitrogens with zero attached hydrogens (tertiary/aromatic N) is 4. The Hall–Kier alpha value is -7.56. The Morgan fingerprint density at radius 2 is 1.19 bits per heavy atom. The molecule has 0 bridgehead atoms. The van der Waals surface area contributed by atoms with Crippen molar-refractivity contribution >= 4 is 49.4 Å². The molecule has 1 atom stereocenters. The maximum absolute atomic E-state index is 4.97. The van der Waals surface area contributed by atoms with Crippen molar-refractivity contribution in [2.75, 3.05) is 11.4 Å². The van der Waals surface area contributed by atoms with Crippen LogP contribution >= 0.6 is 0 Å². The second-order valence-corrected chi connectivity index (χ2v) is 15.3. The average molecular weight is 741 g/mol. The fourth-order valence-electron chi connectivity index (χ4n) is 9.76. The van der Waals surface area contributed by atoms with Crippen LogP contribution in [0.5, 0.6) is 0 Å². The number of hydrogen-bond acceptors (Lipinski definition) is 4. The van der Waals surface area contributed by atoms with Gasteiger partial charge < -0.3 is 4.90 Å². The van der Waals surface area contributed by atoms with Gasteiger partial charge in [0.1, 0.15) is 11.5 Å². The highest BCUT2D eigenvalue weighted by Gasteiger charge is 2.40. The molecule has 4 nitrogen and oxygen atoms in total. The maximum Gasteiger partial charge on any atom is 0.178 e. The Bertz CT molecular complexity index is 3200. The van der Waals surface area contributed by atoms with Crippen LogP contribution in [0.2, 0.25) is 0 Å². The van der Waals surface area contributed by atoms with Gasteiger partial charge in [-0.15, -0.1) is 0 Å². The second-order valence-electron chi connectivity index (χ2n) is 15.3. The fourth-order valence-corrected chi connectivity index (χ4v) is 9.76. The van der Waals surface area contributed by atoms with Crippen molar-refractivity contribution in [3.63, 3.8) is 0 Å². The monoisotopic (exact) mass is 740 g/mol. The van der Waals surface area contributed by atoms with Crippen LogP contribution in [0.3, 0.4) is 0 Å². The number of rotatable bonds is 5. The first-order valence-corrected chi connectivity index (χ1v) is 20.0. The first-order chi connectivity index (χ1) is 28.8. The standard InChI is InChI=1S/C54H36N4/c1-3-17-36(18-4-1)49-41-23-10-9-22-40(41)44-33-47-46(34-45(44)49)50(38-28-27-35-16-7-8-19-37(35)32-38)42-24-11-12-25-43(42)51(47)52-53(54-55-29-15-30-56-54)58(39-20-5-2-6-21-39)48-26-13-14-31-57(48)52/h1-30,32-34,49H,31H2. The first-order valence-electron chi connectivity index (χ1n) is 20.0. The fraction of sp³-hybridized carbons (Fsp3) is 0.0370. The Labute approximate surface area is 337 Å². The van der Waals surface area contributed by atoms with Crippen LogP contribution in [0.25, 0.3) is 66.0 Å². The van der Waals surface area contributed by atoms with Crippen molar-refractivity contribution < 1.29 is 0 Å². The summed E-state index contributed by atoms with van der Waals surface area (Å²) in [7, 11) is 0. The maximum atomic E-state index is 4.97. The molecule has 1 aromatic heterocycles. The summed E-state index contributed by atoms with van der Waals surface area (Å²) in [4.78, 5) is 14.8. The SMILES string of the molecule is C1=CCN2C(=C1)N(c1ccccc1)C(c1ncccn1)=C2c1c2ccccc2c(-c2ccc3ccccc3c2)c2cc3c(cc12)-c1ccccc1C3c1ccccc1. The summed E-state index contributed by atoms with van der Waals surface area (Å²) in [6.45, 7) is 0.715. The van der Waals surface area contributed by atoms with Crippen LogP contribution in [0.1, 0.15) is 34.0 Å². The van der Waals surface area contributed by atoms with Crippen LogP contribution in [-0.4, -0.2) is 21.4 Å². The molecule has 0 radical (unpaired) electrons. The topological polar surface area (TPSA) is 32.3 Å². The van der Waals surface area contributed by atoms with E-state index < -0.39 is 0 Å². The molecule has 0 amide bonds. The van der Waals surface area contributed by atoms with E-state index in [1.807, 2.05) is 18.5 Å². The lowest BCUT2D eigenvalue weighted by Gasteiger charge is -2.29. The lowest BCUT2D eigenvalue weighted by molar-refractivity contribution is 0.547. The Morgan fingerprint density at radius 1 is 0.500 bits per heavy atom. The summed E-state index contributed by atoms with van der Waals surface area (Å²) in [6.07, 6.45) is 10.3. The number of aromatic nitrogens is 2. The van der Waals surface area contributed by atoms with E-state index in [4.69, 9.17) is 9.97 Å². The Morgan fingerprint density at radius 3 is 2.02 bits per heavy atom. The second kappa shape index (κ2) is 13.0. The molecule has 1 aliphatic carbocycles. The minimum atomic E-state index is 0.116. The van der Waals surface area contributed by atoms with Crippen molar-refractivity contribution in [2.24, 2.45) is 0 Å².